The Labute approximate surface area is 130 Å². The maximum absolute atomic E-state index is 14.0. The second kappa shape index (κ2) is 5.73. The summed E-state index contributed by atoms with van der Waals surface area (Å²) in [4.78, 5) is 13.7. The van der Waals surface area contributed by atoms with Gasteiger partial charge in [0.2, 0.25) is 0 Å². The lowest BCUT2D eigenvalue weighted by atomic mass is 10.2. The first-order valence-corrected chi connectivity index (χ1v) is 6.40. The van der Waals surface area contributed by atoms with Crippen molar-refractivity contribution in [3.8, 4) is 11.4 Å². The molecule has 4 nitrogen and oxygen atoms in total. The van der Waals surface area contributed by atoms with Crippen molar-refractivity contribution in [2.45, 2.75) is 6.18 Å². The smallest absolute Gasteiger partial charge is 0.431 e. The van der Waals surface area contributed by atoms with Crippen molar-refractivity contribution >= 4 is 23.8 Å². The fraction of sp³-hybridized carbons (Fsp3) is 0.167. The summed E-state index contributed by atoms with van der Waals surface area (Å²) < 4.78 is 56.6. The Bertz CT molecular complexity index is 813. The van der Waals surface area contributed by atoms with Crippen LogP contribution in [0.15, 0.2) is 23.0 Å². The van der Waals surface area contributed by atoms with E-state index >= 15 is 0 Å². The zero-order valence-electron chi connectivity index (χ0n) is 10.8. The van der Waals surface area contributed by atoms with Crippen molar-refractivity contribution in [3.05, 3.63) is 49.9 Å². The molecule has 0 atom stereocenters. The SMILES string of the molecule is COc1cc(-n2c(=O)cc(C(F)(F)F)[nH]c2=S)c(F)cc1Cl. The minimum absolute atomic E-state index is 0.0410. The molecule has 0 saturated carbocycles. The van der Waals surface area contributed by atoms with Crippen LogP contribution in [0.2, 0.25) is 5.02 Å². The number of hydrogen-bond donors (Lipinski definition) is 1. The van der Waals surface area contributed by atoms with E-state index in [0.29, 0.717) is 4.57 Å². The van der Waals surface area contributed by atoms with E-state index in [-0.39, 0.29) is 22.5 Å². The molecule has 0 aliphatic rings. The van der Waals surface area contributed by atoms with Gasteiger partial charge < -0.3 is 9.72 Å². The minimum Gasteiger partial charge on any atom is -0.495 e. The van der Waals surface area contributed by atoms with E-state index in [2.05, 4.69) is 0 Å². The van der Waals surface area contributed by atoms with Gasteiger partial charge in [0, 0.05) is 12.1 Å². The molecule has 0 spiro atoms. The molecule has 0 unspecified atom stereocenters. The number of nitrogens with zero attached hydrogens (tertiary/aromatic N) is 1. The molecule has 0 fully saturated rings. The number of methoxy groups -OCH3 is 1. The Morgan fingerprint density at radius 3 is 2.45 bits per heavy atom. The zero-order valence-corrected chi connectivity index (χ0v) is 12.4. The maximum Gasteiger partial charge on any atom is 0.431 e. The topological polar surface area (TPSA) is 47.0 Å². The molecule has 1 aromatic heterocycles. The number of nitrogens with one attached hydrogen (secondary N) is 1. The predicted molar refractivity (Wildman–Crippen MR) is 73.7 cm³/mol. The highest BCUT2D eigenvalue weighted by atomic mass is 35.5. The Kier molecular flexibility index (Phi) is 4.30. The Morgan fingerprint density at radius 1 is 1.32 bits per heavy atom. The van der Waals surface area contributed by atoms with Gasteiger partial charge in [-0.3, -0.25) is 9.36 Å². The van der Waals surface area contributed by atoms with Gasteiger partial charge in [-0.25, -0.2) is 4.39 Å². The van der Waals surface area contributed by atoms with Crippen molar-refractivity contribution in [1.29, 1.82) is 0 Å². The van der Waals surface area contributed by atoms with Crippen LogP contribution in [0.1, 0.15) is 5.69 Å². The van der Waals surface area contributed by atoms with Gasteiger partial charge in [0.25, 0.3) is 5.56 Å². The van der Waals surface area contributed by atoms with E-state index in [1.54, 1.807) is 0 Å². The maximum atomic E-state index is 14.0. The second-order valence-corrected chi connectivity index (χ2v) is 4.89. The molecule has 0 saturated heterocycles. The van der Waals surface area contributed by atoms with Crippen LogP contribution >= 0.6 is 23.8 Å². The van der Waals surface area contributed by atoms with Crippen molar-refractivity contribution in [2.24, 2.45) is 0 Å². The largest absolute Gasteiger partial charge is 0.495 e. The van der Waals surface area contributed by atoms with Crippen molar-refractivity contribution < 1.29 is 22.3 Å². The molecule has 0 aliphatic heterocycles. The third kappa shape index (κ3) is 3.00. The molecular weight excluding hydrogens is 348 g/mol. The Morgan fingerprint density at radius 2 is 1.95 bits per heavy atom. The van der Waals surface area contributed by atoms with E-state index in [4.69, 9.17) is 28.6 Å². The number of aromatic amines is 1. The van der Waals surface area contributed by atoms with Crippen molar-refractivity contribution in [1.82, 2.24) is 9.55 Å². The van der Waals surface area contributed by atoms with Gasteiger partial charge in [-0.05, 0) is 18.3 Å². The van der Waals surface area contributed by atoms with Crippen LogP contribution < -0.4 is 10.3 Å². The summed E-state index contributed by atoms with van der Waals surface area (Å²) in [6, 6.07) is 2.22. The molecule has 0 bridgehead atoms. The quantitative estimate of drug-likeness (QED) is 0.660. The Balaban J connectivity index is 2.75. The fourth-order valence-corrected chi connectivity index (χ4v) is 2.25. The van der Waals surface area contributed by atoms with Crippen LogP contribution in [-0.4, -0.2) is 16.7 Å². The lowest BCUT2D eigenvalue weighted by molar-refractivity contribution is -0.141. The van der Waals surface area contributed by atoms with Crippen LogP contribution in [0.25, 0.3) is 5.69 Å². The Hall–Kier alpha value is -1.87. The third-order valence-electron chi connectivity index (χ3n) is 2.70. The molecular formula is C12H7ClF4N2O2S. The van der Waals surface area contributed by atoms with Gasteiger partial charge in [-0.1, -0.05) is 11.6 Å². The average Bonchev–Trinajstić information content (AvgIpc) is 2.39. The summed E-state index contributed by atoms with van der Waals surface area (Å²) in [5, 5.41) is -0.0568. The van der Waals surface area contributed by atoms with E-state index in [1.807, 2.05) is 4.98 Å². The summed E-state index contributed by atoms with van der Waals surface area (Å²) in [5.41, 5.74) is -2.83. The number of alkyl halides is 3. The van der Waals surface area contributed by atoms with Gasteiger partial charge in [0.1, 0.15) is 17.3 Å². The summed E-state index contributed by atoms with van der Waals surface area (Å²) in [6.07, 6.45) is -4.78. The number of aromatic nitrogens is 2. The monoisotopic (exact) mass is 354 g/mol. The van der Waals surface area contributed by atoms with E-state index in [9.17, 15) is 22.4 Å². The third-order valence-corrected chi connectivity index (χ3v) is 3.28. The highest BCUT2D eigenvalue weighted by Crippen LogP contribution is 2.30. The van der Waals surface area contributed by atoms with E-state index in [0.717, 1.165) is 12.1 Å². The lowest BCUT2D eigenvalue weighted by Crippen LogP contribution is -2.24. The van der Waals surface area contributed by atoms with Crippen LogP contribution in [0.4, 0.5) is 17.6 Å². The number of rotatable bonds is 2. The van der Waals surface area contributed by atoms with Gasteiger partial charge in [0.05, 0.1) is 17.8 Å². The molecule has 2 rings (SSSR count). The minimum atomic E-state index is -4.78. The average molecular weight is 355 g/mol. The number of ether oxygens (including phenoxy) is 1. The van der Waals surface area contributed by atoms with Crippen molar-refractivity contribution in [3.63, 3.8) is 0 Å². The van der Waals surface area contributed by atoms with E-state index < -0.39 is 28.0 Å². The molecule has 22 heavy (non-hydrogen) atoms. The molecule has 2 aromatic rings. The van der Waals surface area contributed by atoms with Gasteiger partial charge in [-0.2, -0.15) is 13.2 Å². The molecule has 0 amide bonds. The molecule has 0 radical (unpaired) electrons. The highest BCUT2D eigenvalue weighted by molar-refractivity contribution is 7.71. The molecule has 0 aliphatic carbocycles. The van der Waals surface area contributed by atoms with Crippen LogP contribution in [-0.2, 0) is 6.18 Å². The standard InChI is InChI=1S/C12H7ClF4N2O2S/c1-21-8-3-7(6(14)2-5(8)13)19-10(20)4-9(12(15,16)17)18-11(19)22/h2-4H,1H3,(H,18,22). The zero-order chi connectivity index (χ0) is 16.7. The van der Waals surface area contributed by atoms with Gasteiger partial charge in [-0.15, -0.1) is 0 Å². The highest BCUT2D eigenvalue weighted by Gasteiger charge is 2.32. The molecule has 1 heterocycles. The number of H-pyrrole nitrogens is 1. The summed E-state index contributed by atoms with van der Waals surface area (Å²) in [5.74, 6) is -0.897. The first kappa shape index (κ1) is 16.5. The first-order valence-electron chi connectivity index (χ1n) is 5.62. The number of benzene rings is 1. The summed E-state index contributed by atoms with van der Waals surface area (Å²) in [6.45, 7) is 0. The first-order chi connectivity index (χ1) is 10.1. The number of halogens is 5. The van der Waals surface area contributed by atoms with Crippen molar-refractivity contribution in [2.75, 3.05) is 7.11 Å². The lowest BCUT2D eigenvalue weighted by Gasteiger charge is -2.12. The molecule has 10 heteroatoms. The van der Waals surface area contributed by atoms with Crippen LogP contribution in [0, 0.1) is 10.6 Å². The van der Waals surface area contributed by atoms with E-state index in [1.165, 1.54) is 7.11 Å². The fourth-order valence-electron chi connectivity index (χ4n) is 1.72. The van der Waals surface area contributed by atoms with Crippen LogP contribution in [0.5, 0.6) is 5.75 Å². The predicted octanol–water partition coefficient (Wildman–Crippen LogP) is 3.71. The van der Waals surface area contributed by atoms with Gasteiger partial charge >= 0.3 is 6.18 Å². The second-order valence-electron chi connectivity index (χ2n) is 4.10. The van der Waals surface area contributed by atoms with Gasteiger partial charge in [0.15, 0.2) is 4.77 Å². The summed E-state index contributed by atoms with van der Waals surface area (Å²) >= 11 is 10.4. The number of hydrogen-bond acceptors (Lipinski definition) is 3. The molecule has 1 aromatic carbocycles. The summed E-state index contributed by atoms with van der Waals surface area (Å²) in [7, 11) is 1.26. The normalized spacial score (nSPS) is 11.5. The van der Waals surface area contributed by atoms with Crippen LogP contribution in [0.3, 0.4) is 0 Å². The molecule has 1 N–H and O–H groups in total. The molecule has 118 valence electrons.